The highest BCUT2D eigenvalue weighted by Crippen LogP contribution is 2.19. The first-order valence-electron chi connectivity index (χ1n) is 9.71. The van der Waals surface area contributed by atoms with E-state index < -0.39 is 29.3 Å². The predicted molar refractivity (Wildman–Crippen MR) is 114 cm³/mol. The third-order valence-corrected chi connectivity index (χ3v) is 5.36. The number of nitrogens with zero attached hydrogens (tertiary/aromatic N) is 3. The molecule has 0 aliphatic heterocycles. The van der Waals surface area contributed by atoms with E-state index in [1.165, 1.54) is 24.3 Å². The molecule has 2 N–H and O–H groups in total. The van der Waals surface area contributed by atoms with E-state index in [-0.39, 0.29) is 23.5 Å². The number of rotatable bonds is 9. The van der Waals surface area contributed by atoms with Gasteiger partial charge in [-0.15, -0.1) is 10.2 Å². The molecule has 2 aromatic carbocycles. The van der Waals surface area contributed by atoms with Crippen molar-refractivity contribution in [2.24, 2.45) is 0 Å². The first kappa shape index (κ1) is 23.3. The fourth-order valence-corrected chi connectivity index (χ4v) is 3.68. The van der Waals surface area contributed by atoms with E-state index in [9.17, 15) is 22.8 Å². The van der Waals surface area contributed by atoms with Crippen LogP contribution in [0.15, 0.2) is 47.6 Å². The predicted octanol–water partition coefficient (Wildman–Crippen LogP) is 3.42. The van der Waals surface area contributed by atoms with Gasteiger partial charge in [0.1, 0.15) is 11.6 Å². The Morgan fingerprint density at radius 1 is 1.03 bits per heavy atom. The van der Waals surface area contributed by atoms with E-state index in [2.05, 4.69) is 20.8 Å². The summed E-state index contributed by atoms with van der Waals surface area (Å²) in [4.78, 5) is 24.2. The van der Waals surface area contributed by atoms with E-state index in [0.29, 0.717) is 23.9 Å². The molecule has 1 heterocycles. The second kappa shape index (κ2) is 10.8. The topological polar surface area (TPSA) is 88.9 Å². The number of nitrogens with one attached hydrogen (secondary N) is 2. The highest BCUT2D eigenvalue weighted by atomic mass is 32.2. The summed E-state index contributed by atoms with van der Waals surface area (Å²) < 4.78 is 41.7. The molecule has 0 fully saturated rings. The Kier molecular flexibility index (Phi) is 7.87. The summed E-state index contributed by atoms with van der Waals surface area (Å²) in [5.41, 5.74) is 0.116. The van der Waals surface area contributed by atoms with Gasteiger partial charge >= 0.3 is 0 Å². The summed E-state index contributed by atoms with van der Waals surface area (Å²) in [6, 6.07) is 8.81. The van der Waals surface area contributed by atoms with Crippen molar-refractivity contribution in [1.29, 1.82) is 0 Å². The van der Waals surface area contributed by atoms with Crippen LogP contribution in [0, 0.1) is 17.5 Å². The minimum atomic E-state index is -1.05. The maximum atomic E-state index is 13.7. The number of hydrogen-bond acceptors (Lipinski definition) is 5. The zero-order chi connectivity index (χ0) is 23.1. The van der Waals surface area contributed by atoms with E-state index in [1.54, 1.807) is 10.6 Å². The van der Waals surface area contributed by atoms with Crippen LogP contribution in [-0.4, -0.2) is 38.9 Å². The van der Waals surface area contributed by atoms with Gasteiger partial charge in [0.25, 0.3) is 5.91 Å². The molecule has 0 radical (unpaired) electrons. The quantitative estimate of drug-likeness (QED) is 0.475. The SMILES string of the molecule is CCn1c(CCNC(=O)c2ccccc2F)nnc1SCC(=O)Nc1ccc(F)c(F)c1. The lowest BCUT2D eigenvalue weighted by atomic mass is 10.2. The molecule has 0 saturated heterocycles. The molecule has 0 aliphatic rings. The molecule has 3 aromatic rings. The molecule has 0 spiro atoms. The number of halogens is 3. The normalized spacial score (nSPS) is 10.8. The Morgan fingerprint density at radius 3 is 2.53 bits per heavy atom. The summed E-state index contributed by atoms with van der Waals surface area (Å²) in [6.45, 7) is 2.65. The number of aromatic nitrogens is 3. The van der Waals surface area contributed by atoms with Crippen molar-refractivity contribution in [2.45, 2.75) is 25.0 Å². The number of thioether (sulfide) groups is 1. The van der Waals surface area contributed by atoms with Crippen LogP contribution in [0.1, 0.15) is 23.1 Å². The Labute approximate surface area is 186 Å². The Balaban J connectivity index is 1.52. The molecule has 0 saturated carbocycles. The fraction of sp³-hybridized carbons (Fsp3) is 0.238. The average Bonchev–Trinajstić information content (AvgIpc) is 3.17. The van der Waals surface area contributed by atoms with Crippen LogP contribution in [0.2, 0.25) is 0 Å². The molecule has 7 nitrogen and oxygen atoms in total. The van der Waals surface area contributed by atoms with Gasteiger partial charge in [0, 0.05) is 31.3 Å². The molecular weight excluding hydrogens is 443 g/mol. The zero-order valence-electron chi connectivity index (χ0n) is 17.1. The van der Waals surface area contributed by atoms with Gasteiger partial charge in [0.05, 0.1) is 11.3 Å². The maximum absolute atomic E-state index is 13.7. The molecule has 32 heavy (non-hydrogen) atoms. The number of carbonyl (C=O) groups is 2. The smallest absolute Gasteiger partial charge is 0.254 e. The largest absolute Gasteiger partial charge is 0.351 e. The second-order valence-corrected chi connectivity index (χ2v) is 7.54. The fourth-order valence-electron chi connectivity index (χ4n) is 2.86. The molecule has 0 bridgehead atoms. The van der Waals surface area contributed by atoms with Crippen molar-refractivity contribution >= 4 is 29.3 Å². The molecule has 11 heteroatoms. The van der Waals surface area contributed by atoms with Crippen LogP contribution < -0.4 is 10.6 Å². The van der Waals surface area contributed by atoms with Crippen LogP contribution in [-0.2, 0) is 17.8 Å². The van der Waals surface area contributed by atoms with Crippen molar-refractivity contribution < 1.29 is 22.8 Å². The van der Waals surface area contributed by atoms with Crippen LogP contribution in [0.5, 0.6) is 0 Å². The van der Waals surface area contributed by atoms with Crippen LogP contribution in [0.4, 0.5) is 18.9 Å². The van der Waals surface area contributed by atoms with Crippen molar-refractivity contribution in [3.63, 3.8) is 0 Å². The highest BCUT2D eigenvalue weighted by molar-refractivity contribution is 7.99. The van der Waals surface area contributed by atoms with Crippen molar-refractivity contribution in [1.82, 2.24) is 20.1 Å². The van der Waals surface area contributed by atoms with Crippen molar-refractivity contribution in [3.8, 4) is 0 Å². The molecule has 0 atom stereocenters. The Hall–Kier alpha value is -3.34. The summed E-state index contributed by atoms with van der Waals surface area (Å²) in [5, 5.41) is 13.8. The van der Waals surface area contributed by atoms with E-state index >= 15 is 0 Å². The summed E-state index contributed by atoms with van der Waals surface area (Å²) in [6.07, 6.45) is 0.364. The zero-order valence-corrected chi connectivity index (χ0v) is 17.9. The molecule has 168 valence electrons. The van der Waals surface area contributed by atoms with Gasteiger partial charge in [-0.1, -0.05) is 23.9 Å². The number of amides is 2. The van der Waals surface area contributed by atoms with Gasteiger partial charge in [0.2, 0.25) is 5.91 Å². The minimum Gasteiger partial charge on any atom is -0.351 e. The lowest BCUT2D eigenvalue weighted by molar-refractivity contribution is -0.113. The van der Waals surface area contributed by atoms with E-state index in [4.69, 9.17) is 0 Å². The summed E-state index contributed by atoms with van der Waals surface area (Å²) >= 11 is 1.14. The third kappa shape index (κ3) is 5.88. The third-order valence-electron chi connectivity index (χ3n) is 4.40. The number of anilines is 1. The molecule has 0 aliphatic carbocycles. The van der Waals surface area contributed by atoms with Crippen LogP contribution in [0.25, 0.3) is 0 Å². The molecule has 2 amide bonds. The first-order valence-corrected chi connectivity index (χ1v) is 10.7. The number of carbonyl (C=O) groups excluding carboxylic acids is 2. The lowest BCUT2D eigenvalue weighted by Crippen LogP contribution is -2.27. The van der Waals surface area contributed by atoms with Gasteiger partial charge < -0.3 is 15.2 Å². The van der Waals surface area contributed by atoms with Gasteiger partial charge in [-0.3, -0.25) is 9.59 Å². The molecule has 1 aromatic heterocycles. The van der Waals surface area contributed by atoms with Gasteiger partial charge in [-0.2, -0.15) is 0 Å². The minimum absolute atomic E-state index is 0.0127. The van der Waals surface area contributed by atoms with Gasteiger partial charge in [0.15, 0.2) is 16.8 Å². The average molecular weight is 463 g/mol. The second-order valence-electron chi connectivity index (χ2n) is 6.59. The van der Waals surface area contributed by atoms with Gasteiger partial charge in [-0.05, 0) is 31.2 Å². The first-order chi connectivity index (χ1) is 15.4. The molecular formula is C21H20F3N5O2S. The lowest BCUT2D eigenvalue weighted by Gasteiger charge is -2.09. The van der Waals surface area contributed by atoms with E-state index in [0.717, 1.165) is 23.9 Å². The highest BCUT2D eigenvalue weighted by Gasteiger charge is 2.15. The Bertz CT molecular complexity index is 1120. The number of benzene rings is 2. The molecule has 3 rings (SSSR count). The summed E-state index contributed by atoms with van der Waals surface area (Å²) in [7, 11) is 0. The summed E-state index contributed by atoms with van der Waals surface area (Å²) in [5.74, 6) is -2.98. The van der Waals surface area contributed by atoms with Crippen molar-refractivity contribution in [2.75, 3.05) is 17.6 Å². The monoisotopic (exact) mass is 463 g/mol. The van der Waals surface area contributed by atoms with E-state index in [1.807, 2.05) is 6.92 Å². The van der Waals surface area contributed by atoms with Crippen LogP contribution in [0.3, 0.4) is 0 Å². The maximum Gasteiger partial charge on any atom is 0.254 e. The van der Waals surface area contributed by atoms with Gasteiger partial charge in [-0.25, -0.2) is 13.2 Å². The number of hydrogen-bond donors (Lipinski definition) is 2. The van der Waals surface area contributed by atoms with Crippen molar-refractivity contribution in [3.05, 3.63) is 71.3 Å². The standard InChI is InChI=1S/C21H20F3N5O2S/c1-2-29-18(9-10-25-20(31)14-5-3-4-6-15(14)22)27-28-21(29)32-12-19(30)26-13-7-8-16(23)17(24)11-13/h3-8,11H,2,9-10,12H2,1H3,(H,25,31)(H,26,30). The Morgan fingerprint density at radius 2 is 1.81 bits per heavy atom. The molecule has 0 unspecified atom stereocenters. The van der Waals surface area contributed by atoms with Crippen LogP contribution >= 0.6 is 11.8 Å².